The molecule has 1 aliphatic rings. The molecule has 0 radical (unpaired) electrons. The molecule has 7 heteroatoms. The van der Waals surface area contributed by atoms with Gasteiger partial charge in [-0.25, -0.2) is 0 Å². The summed E-state index contributed by atoms with van der Waals surface area (Å²) in [4.78, 5) is 3.19. The van der Waals surface area contributed by atoms with Crippen LogP contribution in [-0.4, -0.2) is 32.2 Å². The lowest BCUT2D eigenvalue weighted by Gasteiger charge is -2.27. The Kier molecular flexibility index (Phi) is 4.55. The number of aromatic nitrogens is 1. The van der Waals surface area contributed by atoms with Gasteiger partial charge in [-0.05, 0) is 23.8 Å². The number of ether oxygens (including phenoxy) is 1. The summed E-state index contributed by atoms with van der Waals surface area (Å²) in [5, 5.41) is 39.6. The van der Waals surface area contributed by atoms with Gasteiger partial charge in [0.2, 0.25) is 0 Å². The number of hydrogen-bond donors (Lipinski definition) is 4. The number of fused-ring (bicyclic) bond motifs is 2. The van der Waals surface area contributed by atoms with Gasteiger partial charge >= 0.3 is 0 Å². The van der Waals surface area contributed by atoms with E-state index in [1.54, 1.807) is 30.5 Å². The van der Waals surface area contributed by atoms with Crippen LogP contribution in [0.2, 0.25) is 0 Å². The molecule has 3 aromatic carbocycles. The maximum Gasteiger partial charge on any atom is 0.136 e. The smallest absolute Gasteiger partial charge is 0.136 e. The first kappa shape index (κ1) is 18.7. The second kappa shape index (κ2) is 7.53. The third-order valence-electron chi connectivity index (χ3n) is 5.26. The van der Waals surface area contributed by atoms with Crippen LogP contribution in [-0.2, 0) is 0 Å². The molecule has 0 fully saturated rings. The monoisotopic (exact) mass is 413 g/mol. The number of aromatic amines is 1. The molecule has 4 aromatic rings. The first-order valence-corrected chi connectivity index (χ1v) is 9.76. The number of aromatic hydroxyl groups is 3. The van der Waals surface area contributed by atoms with Gasteiger partial charge in [0.25, 0.3) is 0 Å². The van der Waals surface area contributed by atoms with Crippen LogP contribution in [0.1, 0.15) is 29.2 Å². The highest BCUT2D eigenvalue weighted by Gasteiger charge is 2.29. The summed E-state index contributed by atoms with van der Waals surface area (Å²) in [6.45, 7) is 0. The van der Waals surface area contributed by atoms with E-state index in [9.17, 15) is 15.3 Å². The van der Waals surface area contributed by atoms with E-state index in [1.165, 1.54) is 12.1 Å². The molecule has 4 N–H and O–H groups in total. The molecule has 0 saturated heterocycles. The average Bonchev–Trinajstić information content (AvgIpc) is 3.17. The normalized spacial score (nSPS) is 17.2. The Morgan fingerprint density at radius 2 is 1.77 bits per heavy atom. The van der Waals surface area contributed by atoms with Crippen LogP contribution in [0.4, 0.5) is 0 Å². The Hall–Kier alpha value is -4.26. The lowest BCUT2D eigenvalue weighted by molar-refractivity contribution is 0.204. The van der Waals surface area contributed by atoms with Crippen molar-refractivity contribution in [1.29, 1.82) is 0 Å². The molecule has 0 unspecified atom stereocenters. The molecule has 7 nitrogen and oxygen atoms in total. The molecule has 0 spiro atoms. The summed E-state index contributed by atoms with van der Waals surface area (Å²) in [6, 6.07) is 17.3. The first-order valence-electron chi connectivity index (χ1n) is 9.76. The Bertz CT molecular complexity index is 1320. The topological polar surface area (TPSA) is 110 Å². The molecule has 2 heterocycles. The van der Waals surface area contributed by atoms with Crippen molar-refractivity contribution >= 4 is 22.8 Å². The van der Waals surface area contributed by atoms with E-state index in [4.69, 9.17) is 4.74 Å². The van der Waals surface area contributed by atoms with Crippen LogP contribution in [0.15, 0.2) is 77.1 Å². The minimum Gasteiger partial charge on any atom is -0.508 e. The fourth-order valence-electron chi connectivity index (χ4n) is 3.77. The minimum atomic E-state index is -0.406. The van der Waals surface area contributed by atoms with E-state index in [0.29, 0.717) is 23.4 Å². The highest BCUT2D eigenvalue weighted by Crippen LogP contribution is 2.42. The molecule has 0 saturated carbocycles. The number of phenols is 3. The summed E-state index contributed by atoms with van der Waals surface area (Å²) in [5.74, 6) is 0.250. The van der Waals surface area contributed by atoms with Crippen molar-refractivity contribution in [3.8, 4) is 23.0 Å². The second-order valence-electron chi connectivity index (χ2n) is 7.32. The van der Waals surface area contributed by atoms with Crippen LogP contribution in [0, 0.1) is 0 Å². The quantitative estimate of drug-likeness (QED) is 0.290. The number of para-hydroxylation sites is 1. The van der Waals surface area contributed by atoms with Crippen molar-refractivity contribution in [2.45, 2.75) is 12.5 Å². The van der Waals surface area contributed by atoms with Crippen LogP contribution in [0.5, 0.6) is 23.0 Å². The number of phenolic OH excluding ortho intramolecular Hbond substituents is 3. The predicted molar refractivity (Wildman–Crippen MR) is 118 cm³/mol. The van der Waals surface area contributed by atoms with Crippen molar-refractivity contribution in [2.24, 2.45) is 10.2 Å². The van der Waals surface area contributed by atoms with E-state index in [1.807, 2.05) is 30.5 Å². The van der Waals surface area contributed by atoms with Gasteiger partial charge in [-0.2, -0.15) is 10.2 Å². The Morgan fingerprint density at radius 3 is 2.61 bits per heavy atom. The summed E-state index contributed by atoms with van der Waals surface area (Å²) < 4.78 is 6.02. The number of H-pyrrole nitrogens is 1. The van der Waals surface area contributed by atoms with Gasteiger partial charge < -0.3 is 25.0 Å². The maximum atomic E-state index is 10.4. The molecular weight excluding hydrogens is 394 g/mol. The van der Waals surface area contributed by atoms with E-state index in [0.717, 1.165) is 22.0 Å². The largest absolute Gasteiger partial charge is 0.508 e. The standard InChI is InChI=1S/C24H19N3O4/c28-16-7-5-14(6-8-16)22-11-20(24-21(30)9-17(29)10-23(24)31-22)27-26-13-15-12-25-19-4-2-1-3-18(15)19/h1-10,12-13,22,25,28-30H,11H2/b26-13+,27-20+/t22-/m0/s1. The zero-order valence-electron chi connectivity index (χ0n) is 16.4. The fraction of sp³-hybridized carbons (Fsp3) is 0.0833. The zero-order valence-corrected chi connectivity index (χ0v) is 16.4. The maximum absolute atomic E-state index is 10.4. The molecule has 1 aromatic heterocycles. The highest BCUT2D eigenvalue weighted by molar-refractivity contribution is 6.07. The van der Waals surface area contributed by atoms with Crippen molar-refractivity contribution in [3.63, 3.8) is 0 Å². The number of rotatable bonds is 3. The molecule has 154 valence electrons. The van der Waals surface area contributed by atoms with Crippen LogP contribution >= 0.6 is 0 Å². The summed E-state index contributed by atoms with van der Waals surface area (Å²) in [5.41, 5.74) is 3.68. The van der Waals surface area contributed by atoms with Crippen LogP contribution in [0.3, 0.4) is 0 Å². The molecule has 0 bridgehead atoms. The van der Waals surface area contributed by atoms with E-state index in [-0.39, 0.29) is 17.2 Å². The molecule has 1 atom stereocenters. The van der Waals surface area contributed by atoms with Crippen molar-refractivity contribution < 1.29 is 20.1 Å². The van der Waals surface area contributed by atoms with Gasteiger partial charge in [0.05, 0.1) is 17.5 Å². The summed E-state index contributed by atoms with van der Waals surface area (Å²) in [7, 11) is 0. The van der Waals surface area contributed by atoms with E-state index in [2.05, 4.69) is 15.2 Å². The van der Waals surface area contributed by atoms with Crippen LogP contribution < -0.4 is 4.74 Å². The summed E-state index contributed by atoms with van der Waals surface area (Å²) in [6.07, 6.45) is 3.48. The van der Waals surface area contributed by atoms with Crippen molar-refractivity contribution in [2.75, 3.05) is 0 Å². The Morgan fingerprint density at radius 1 is 0.968 bits per heavy atom. The van der Waals surface area contributed by atoms with Gasteiger partial charge in [0.1, 0.15) is 29.1 Å². The van der Waals surface area contributed by atoms with Gasteiger partial charge in [0, 0.05) is 41.2 Å². The van der Waals surface area contributed by atoms with Crippen LogP contribution in [0.25, 0.3) is 10.9 Å². The number of hydrogen-bond acceptors (Lipinski definition) is 6. The zero-order chi connectivity index (χ0) is 21.4. The van der Waals surface area contributed by atoms with Gasteiger partial charge in [-0.1, -0.05) is 30.3 Å². The molecule has 0 aliphatic carbocycles. The summed E-state index contributed by atoms with van der Waals surface area (Å²) >= 11 is 0. The molecule has 1 aliphatic heterocycles. The van der Waals surface area contributed by atoms with E-state index < -0.39 is 6.10 Å². The second-order valence-corrected chi connectivity index (χ2v) is 7.32. The van der Waals surface area contributed by atoms with Crippen molar-refractivity contribution in [1.82, 2.24) is 4.98 Å². The number of nitrogens with zero attached hydrogens (tertiary/aromatic N) is 2. The number of nitrogens with one attached hydrogen (secondary N) is 1. The third-order valence-corrected chi connectivity index (χ3v) is 5.26. The van der Waals surface area contributed by atoms with Gasteiger partial charge in [-0.15, -0.1) is 0 Å². The van der Waals surface area contributed by atoms with E-state index >= 15 is 0 Å². The molecule has 5 rings (SSSR count). The third kappa shape index (κ3) is 3.57. The fourth-order valence-corrected chi connectivity index (χ4v) is 3.77. The lowest BCUT2D eigenvalue weighted by Crippen LogP contribution is -2.21. The average molecular weight is 413 g/mol. The minimum absolute atomic E-state index is 0.107. The van der Waals surface area contributed by atoms with Crippen molar-refractivity contribution in [3.05, 3.63) is 83.6 Å². The first-order chi connectivity index (χ1) is 15.1. The highest BCUT2D eigenvalue weighted by atomic mass is 16.5. The van der Waals surface area contributed by atoms with Gasteiger partial charge in [-0.3, -0.25) is 0 Å². The lowest BCUT2D eigenvalue weighted by atomic mass is 9.94. The SMILES string of the molecule is Oc1ccc([C@@H]2C/C(=N\N=C\c3c[nH]c4ccccc34)c3c(O)cc(O)cc3O2)cc1. The Balaban J connectivity index is 1.53. The molecular formula is C24H19N3O4. The Labute approximate surface area is 177 Å². The molecule has 0 amide bonds. The molecule has 31 heavy (non-hydrogen) atoms. The predicted octanol–water partition coefficient (Wildman–Crippen LogP) is 4.63. The number of benzene rings is 3. The van der Waals surface area contributed by atoms with Gasteiger partial charge in [0.15, 0.2) is 0 Å².